The van der Waals surface area contributed by atoms with E-state index in [4.69, 9.17) is 4.74 Å². The summed E-state index contributed by atoms with van der Waals surface area (Å²) in [4.78, 5) is 12.2. The van der Waals surface area contributed by atoms with Crippen LogP contribution in [0.25, 0.3) is 0 Å². The molecule has 0 saturated heterocycles. The van der Waals surface area contributed by atoms with E-state index in [1.165, 1.54) is 38.4 Å². The molecule has 0 fully saturated rings. The Morgan fingerprint density at radius 2 is 1.71 bits per heavy atom. The normalized spacial score (nSPS) is 11.0. The second-order valence-electron chi connectivity index (χ2n) is 5.01. The van der Waals surface area contributed by atoms with Gasteiger partial charge in [0.05, 0.1) is 17.7 Å². The number of urea groups is 1. The van der Waals surface area contributed by atoms with E-state index >= 15 is 0 Å². The molecule has 2 aromatic rings. The predicted molar refractivity (Wildman–Crippen MR) is 93.1 cm³/mol. The lowest BCUT2D eigenvalue weighted by Crippen LogP contribution is -2.20. The first-order valence-electron chi connectivity index (χ1n) is 7.12. The lowest BCUT2D eigenvalue weighted by atomic mass is 10.2. The fourth-order valence-corrected chi connectivity index (χ4v) is 2.77. The van der Waals surface area contributed by atoms with Crippen LogP contribution in [0.2, 0.25) is 0 Å². The molecule has 0 saturated carbocycles. The first-order valence-corrected chi connectivity index (χ1v) is 8.60. The Bertz CT molecular complexity index is 833. The highest BCUT2D eigenvalue weighted by molar-refractivity contribution is 7.89. The molecular weight excluding hydrogens is 330 g/mol. The molecule has 0 bridgehead atoms. The second-order valence-corrected chi connectivity index (χ2v) is 6.90. The summed E-state index contributed by atoms with van der Waals surface area (Å²) >= 11 is 0. The first kappa shape index (κ1) is 17.8. The zero-order chi connectivity index (χ0) is 17.7. The maximum Gasteiger partial charge on any atom is 0.323 e. The number of ether oxygens (including phenoxy) is 1. The van der Waals surface area contributed by atoms with E-state index in [1.54, 1.807) is 12.1 Å². The van der Waals surface area contributed by atoms with Gasteiger partial charge in [-0.15, -0.1) is 0 Å². The number of nitrogens with one attached hydrogen (secondary N) is 3. The molecule has 3 N–H and O–H groups in total. The number of sulfonamides is 1. The van der Waals surface area contributed by atoms with Gasteiger partial charge in [-0.05, 0) is 55.9 Å². The fraction of sp³-hybridized carbons (Fsp3) is 0.188. The Hall–Kier alpha value is -2.58. The van der Waals surface area contributed by atoms with E-state index in [0.717, 1.165) is 5.56 Å². The Morgan fingerprint density at radius 1 is 1.04 bits per heavy atom. The van der Waals surface area contributed by atoms with E-state index < -0.39 is 16.1 Å². The predicted octanol–water partition coefficient (Wildman–Crippen LogP) is 2.56. The van der Waals surface area contributed by atoms with Crippen molar-refractivity contribution in [1.82, 2.24) is 4.72 Å². The molecule has 2 aromatic carbocycles. The highest BCUT2D eigenvalue weighted by atomic mass is 32.2. The molecule has 2 rings (SSSR count). The molecule has 24 heavy (non-hydrogen) atoms. The van der Waals surface area contributed by atoms with Gasteiger partial charge in [-0.2, -0.15) is 0 Å². The van der Waals surface area contributed by atoms with Gasteiger partial charge >= 0.3 is 6.03 Å². The number of hydrogen-bond donors (Lipinski definition) is 3. The third-order valence-electron chi connectivity index (χ3n) is 3.29. The summed E-state index contributed by atoms with van der Waals surface area (Å²) in [6.45, 7) is 1.91. The van der Waals surface area contributed by atoms with Crippen molar-refractivity contribution < 1.29 is 17.9 Å². The highest BCUT2D eigenvalue weighted by Crippen LogP contribution is 2.25. The number of hydrogen-bond acceptors (Lipinski definition) is 4. The SMILES string of the molecule is CNS(=O)(=O)c1ccc(NC(=O)Nc2cc(C)ccc2OC)cc1. The molecule has 8 heteroatoms. The zero-order valence-corrected chi connectivity index (χ0v) is 14.4. The molecule has 0 aliphatic heterocycles. The third kappa shape index (κ3) is 4.24. The van der Waals surface area contributed by atoms with E-state index in [9.17, 15) is 13.2 Å². The quantitative estimate of drug-likeness (QED) is 0.773. The van der Waals surface area contributed by atoms with Gasteiger partial charge < -0.3 is 15.4 Å². The Kier molecular flexibility index (Phi) is 5.42. The first-order chi connectivity index (χ1) is 11.4. The summed E-state index contributed by atoms with van der Waals surface area (Å²) in [6, 6.07) is 10.8. The largest absolute Gasteiger partial charge is 0.495 e. The molecule has 0 atom stereocenters. The van der Waals surface area contributed by atoms with Crippen molar-refractivity contribution in [3.8, 4) is 5.75 Å². The van der Waals surface area contributed by atoms with Crippen molar-refractivity contribution >= 4 is 27.4 Å². The standard InChI is InChI=1S/C16H19N3O4S/c1-11-4-9-15(23-3)14(10-11)19-16(20)18-12-5-7-13(8-6-12)24(21,22)17-2/h4-10,17H,1-3H3,(H2,18,19,20). The van der Waals surface area contributed by atoms with Gasteiger partial charge in [0.15, 0.2) is 0 Å². The van der Waals surface area contributed by atoms with Crippen molar-refractivity contribution in [3.63, 3.8) is 0 Å². The third-order valence-corrected chi connectivity index (χ3v) is 4.72. The minimum atomic E-state index is -3.50. The van der Waals surface area contributed by atoms with Crippen LogP contribution in [0.3, 0.4) is 0 Å². The van der Waals surface area contributed by atoms with Gasteiger partial charge in [-0.25, -0.2) is 17.9 Å². The van der Waals surface area contributed by atoms with Crippen molar-refractivity contribution in [1.29, 1.82) is 0 Å². The molecule has 0 aliphatic rings. The molecule has 7 nitrogen and oxygen atoms in total. The lowest BCUT2D eigenvalue weighted by molar-refractivity contribution is 0.262. The van der Waals surface area contributed by atoms with Gasteiger partial charge in [-0.1, -0.05) is 6.07 Å². The second kappa shape index (κ2) is 7.33. The zero-order valence-electron chi connectivity index (χ0n) is 13.6. The smallest absolute Gasteiger partial charge is 0.323 e. The van der Waals surface area contributed by atoms with Crippen LogP contribution in [0.1, 0.15) is 5.56 Å². The number of amides is 2. The Labute approximate surface area is 141 Å². The van der Waals surface area contributed by atoms with E-state index in [1.807, 2.05) is 13.0 Å². The number of carbonyl (C=O) groups excluding carboxylic acids is 1. The Balaban J connectivity index is 2.09. The number of methoxy groups -OCH3 is 1. The van der Waals surface area contributed by atoms with E-state index in [2.05, 4.69) is 15.4 Å². The van der Waals surface area contributed by atoms with Crippen molar-refractivity contribution in [2.45, 2.75) is 11.8 Å². The van der Waals surface area contributed by atoms with Crippen LogP contribution in [0, 0.1) is 6.92 Å². The van der Waals surface area contributed by atoms with Crippen LogP contribution >= 0.6 is 0 Å². The average molecular weight is 349 g/mol. The van der Waals surface area contributed by atoms with E-state index in [-0.39, 0.29) is 4.90 Å². The Morgan fingerprint density at radius 3 is 2.29 bits per heavy atom. The van der Waals surface area contributed by atoms with Gasteiger partial charge in [0.25, 0.3) is 0 Å². The van der Waals surface area contributed by atoms with Gasteiger partial charge in [0.1, 0.15) is 5.75 Å². The number of rotatable bonds is 5. The van der Waals surface area contributed by atoms with Gasteiger partial charge in [0, 0.05) is 5.69 Å². The molecule has 0 radical (unpaired) electrons. The summed E-state index contributed by atoms with van der Waals surface area (Å²) in [6.07, 6.45) is 0. The van der Waals surface area contributed by atoms with E-state index in [0.29, 0.717) is 17.1 Å². The summed E-state index contributed by atoms with van der Waals surface area (Å²) < 4.78 is 30.7. The van der Waals surface area contributed by atoms with Crippen LogP contribution in [-0.2, 0) is 10.0 Å². The van der Waals surface area contributed by atoms with Crippen molar-refractivity contribution in [3.05, 3.63) is 48.0 Å². The molecule has 2 amide bonds. The van der Waals surface area contributed by atoms with Crippen LogP contribution in [-0.4, -0.2) is 28.6 Å². The van der Waals surface area contributed by atoms with Gasteiger partial charge in [0.2, 0.25) is 10.0 Å². The number of anilines is 2. The summed E-state index contributed by atoms with van der Waals surface area (Å²) in [5.74, 6) is 0.547. The maximum atomic E-state index is 12.1. The summed E-state index contributed by atoms with van der Waals surface area (Å²) in [7, 11) is -0.641. The highest BCUT2D eigenvalue weighted by Gasteiger charge is 2.12. The summed E-state index contributed by atoms with van der Waals surface area (Å²) in [5, 5.41) is 5.34. The minimum Gasteiger partial charge on any atom is -0.495 e. The molecule has 0 unspecified atom stereocenters. The van der Waals surface area contributed by atoms with Crippen LogP contribution in [0.5, 0.6) is 5.75 Å². The molecule has 0 aromatic heterocycles. The fourth-order valence-electron chi connectivity index (χ4n) is 2.04. The number of carbonyl (C=O) groups is 1. The topological polar surface area (TPSA) is 96.5 Å². The van der Waals surface area contributed by atoms with Gasteiger partial charge in [-0.3, -0.25) is 0 Å². The lowest BCUT2D eigenvalue weighted by Gasteiger charge is -2.12. The van der Waals surface area contributed by atoms with Crippen LogP contribution in [0.4, 0.5) is 16.2 Å². The monoisotopic (exact) mass is 349 g/mol. The molecule has 0 spiro atoms. The maximum absolute atomic E-state index is 12.1. The van der Waals surface area contributed by atoms with Crippen molar-refractivity contribution in [2.24, 2.45) is 0 Å². The van der Waals surface area contributed by atoms with Crippen LogP contribution in [0.15, 0.2) is 47.4 Å². The molecular formula is C16H19N3O4S. The number of aryl methyl sites for hydroxylation is 1. The number of benzene rings is 2. The molecule has 0 aliphatic carbocycles. The van der Waals surface area contributed by atoms with Crippen molar-refractivity contribution in [2.75, 3.05) is 24.8 Å². The molecule has 0 heterocycles. The molecule has 128 valence electrons. The average Bonchev–Trinajstić information content (AvgIpc) is 2.55. The minimum absolute atomic E-state index is 0.122. The van der Waals surface area contributed by atoms with Crippen LogP contribution < -0.4 is 20.1 Å². The summed E-state index contributed by atoms with van der Waals surface area (Å²) in [5.41, 5.74) is 1.99.